The number of piperazine rings is 1. The largest absolute Gasteiger partial charge is 0.431 e. The molecule has 2 amide bonds. The average Bonchev–Trinajstić information content (AvgIpc) is 3.23. The second-order valence-corrected chi connectivity index (χ2v) is 13.9. The Morgan fingerprint density at radius 1 is 1.15 bits per heavy atom. The van der Waals surface area contributed by atoms with Crippen molar-refractivity contribution in [1.82, 2.24) is 15.1 Å². The molecule has 4 saturated carbocycles. The van der Waals surface area contributed by atoms with E-state index >= 15 is 0 Å². The van der Waals surface area contributed by atoms with E-state index in [1.54, 1.807) is 0 Å². The summed E-state index contributed by atoms with van der Waals surface area (Å²) in [6.45, 7) is 6.72. The van der Waals surface area contributed by atoms with Gasteiger partial charge in [0.05, 0.1) is 24.5 Å². The molecule has 216 valence electrons. The zero-order valence-electron chi connectivity index (χ0n) is 23.9. The molecular formula is C31H47N3O5. The molecule has 8 heteroatoms. The topological polar surface area (TPSA) is 106 Å². The molecule has 4 aliphatic carbocycles. The second-order valence-electron chi connectivity index (χ2n) is 13.9. The van der Waals surface area contributed by atoms with E-state index in [0.717, 1.165) is 69.9 Å². The van der Waals surface area contributed by atoms with Crippen LogP contribution >= 0.6 is 0 Å². The fourth-order valence-corrected chi connectivity index (χ4v) is 10.2. The first-order chi connectivity index (χ1) is 18.6. The first-order valence-corrected chi connectivity index (χ1v) is 15.3. The summed E-state index contributed by atoms with van der Waals surface area (Å²) in [5, 5.41) is 25.6. The molecule has 2 heterocycles. The Bertz CT molecular complexity index is 1140. The predicted molar refractivity (Wildman–Crippen MR) is 148 cm³/mol. The Balaban J connectivity index is 1.19. The monoisotopic (exact) mass is 541 g/mol. The molecule has 8 nitrogen and oxygen atoms in total. The molecule has 1 aromatic heterocycles. The molecule has 0 bridgehead atoms. The van der Waals surface area contributed by atoms with Crippen molar-refractivity contribution in [3.8, 4) is 0 Å². The van der Waals surface area contributed by atoms with Gasteiger partial charge in [-0.3, -0.25) is 0 Å². The molecule has 5 aliphatic rings. The van der Waals surface area contributed by atoms with Crippen LogP contribution in [0.1, 0.15) is 83.1 Å². The van der Waals surface area contributed by atoms with Crippen LogP contribution < -0.4 is 10.9 Å². The molecule has 1 saturated heterocycles. The van der Waals surface area contributed by atoms with E-state index in [1.807, 2.05) is 29.0 Å². The number of aliphatic hydroxyl groups excluding tert-OH is 1. The summed E-state index contributed by atoms with van der Waals surface area (Å²) in [4.78, 5) is 29.9. The van der Waals surface area contributed by atoms with Gasteiger partial charge in [0.2, 0.25) is 0 Å². The van der Waals surface area contributed by atoms with Crippen molar-refractivity contribution < 1.29 is 19.4 Å². The molecular weight excluding hydrogens is 494 g/mol. The van der Waals surface area contributed by atoms with Crippen molar-refractivity contribution in [2.75, 3.05) is 33.3 Å². The molecule has 5 fully saturated rings. The summed E-state index contributed by atoms with van der Waals surface area (Å²) in [6.07, 6.45) is 10.2. The fourth-order valence-electron chi connectivity index (χ4n) is 10.2. The number of carbonyl (C=O) groups is 1. The lowest BCUT2D eigenvalue weighted by atomic mass is 9.43. The standard InChI is InChI=1S/C31H47N3O5/c1-29-11-8-21(33(3)28(37)34-15-14-32-18-22(34)19-35)17-20(29)6-7-26-25(29)9-12-30(2)24(10-13-31(26,30)38)23-5-4-16-39-27(23)36/h4-5,16,20-22,24-26,32,35,38H,6-15,17-19H2,1-3H3/t20-,21+,22+,24+,25+,26-,29+,30-,31+/m1/s1. The minimum Gasteiger partial charge on any atom is -0.431 e. The van der Waals surface area contributed by atoms with E-state index in [1.165, 1.54) is 6.26 Å². The summed E-state index contributed by atoms with van der Waals surface area (Å²) in [6, 6.07) is 3.81. The maximum absolute atomic E-state index is 13.5. The Morgan fingerprint density at radius 3 is 2.74 bits per heavy atom. The van der Waals surface area contributed by atoms with Crippen molar-refractivity contribution in [2.45, 2.75) is 95.2 Å². The highest BCUT2D eigenvalue weighted by molar-refractivity contribution is 5.75. The molecule has 0 spiro atoms. The van der Waals surface area contributed by atoms with Crippen molar-refractivity contribution in [3.63, 3.8) is 0 Å². The van der Waals surface area contributed by atoms with E-state index < -0.39 is 5.60 Å². The number of rotatable bonds is 3. The first kappa shape index (κ1) is 27.3. The molecule has 0 aromatic carbocycles. The number of aliphatic hydroxyl groups is 2. The van der Waals surface area contributed by atoms with Gasteiger partial charge in [-0.25, -0.2) is 9.59 Å². The molecule has 39 heavy (non-hydrogen) atoms. The maximum Gasteiger partial charge on any atom is 0.339 e. The summed E-state index contributed by atoms with van der Waals surface area (Å²) >= 11 is 0. The highest BCUT2D eigenvalue weighted by Crippen LogP contribution is 2.70. The number of fused-ring (bicyclic) bond motifs is 5. The van der Waals surface area contributed by atoms with E-state index in [9.17, 15) is 19.8 Å². The summed E-state index contributed by atoms with van der Waals surface area (Å²) in [5.74, 6) is 1.29. The molecule has 6 rings (SSSR count). The lowest BCUT2D eigenvalue weighted by Gasteiger charge is -2.64. The fraction of sp³-hybridized carbons (Fsp3) is 0.806. The van der Waals surface area contributed by atoms with Crippen molar-refractivity contribution in [2.24, 2.45) is 28.6 Å². The molecule has 9 atom stereocenters. The van der Waals surface area contributed by atoms with Crippen LogP contribution in [-0.2, 0) is 0 Å². The van der Waals surface area contributed by atoms with Crippen molar-refractivity contribution in [3.05, 3.63) is 34.4 Å². The lowest BCUT2D eigenvalue weighted by Crippen LogP contribution is -2.63. The van der Waals surface area contributed by atoms with Gasteiger partial charge in [0.25, 0.3) is 0 Å². The zero-order chi connectivity index (χ0) is 27.6. The number of amides is 2. The van der Waals surface area contributed by atoms with Crippen LogP contribution in [-0.4, -0.2) is 77.0 Å². The Hall–Kier alpha value is -1.90. The molecule has 3 N–H and O–H groups in total. The minimum atomic E-state index is -0.762. The summed E-state index contributed by atoms with van der Waals surface area (Å²) < 4.78 is 5.24. The van der Waals surface area contributed by atoms with Crippen LogP contribution in [0.25, 0.3) is 0 Å². The Kier molecular flexibility index (Phi) is 6.91. The van der Waals surface area contributed by atoms with E-state index in [-0.39, 0.29) is 53.0 Å². The van der Waals surface area contributed by atoms with Gasteiger partial charge in [0, 0.05) is 43.7 Å². The van der Waals surface area contributed by atoms with Gasteiger partial charge < -0.3 is 29.7 Å². The quantitative estimate of drug-likeness (QED) is 0.540. The third-order valence-electron chi connectivity index (χ3n) is 12.6. The number of urea groups is 1. The normalized spacial score (nSPS) is 43.8. The van der Waals surface area contributed by atoms with Crippen LogP contribution in [0.2, 0.25) is 0 Å². The number of hydrogen-bond acceptors (Lipinski definition) is 6. The maximum atomic E-state index is 13.5. The number of hydrogen-bond donors (Lipinski definition) is 3. The average molecular weight is 542 g/mol. The van der Waals surface area contributed by atoms with Crippen LogP contribution in [0.15, 0.2) is 27.6 Å². The van der Waals surface area contributed by atoms with Crippen LogP contribution in [0.5, 0.6) is 0 Å². The second kappa shape index (κ2) is 9.88. The van der Waals surface area contributed by atoms with Gasteiger partial charge in [0.1, 0.15) is 0 Å². The summed E-state index contributed by atoms with van der Waals surface area (Å²) in [5.41, 5.74) is -0.442. The van der Waals surface area contributed by atoms with Gasteiger partial charge in [-0.05, 0) is 99.0 Å². The Labute approximate surface area is 232 Å². The molecule has 0 unspecified atom stereocenters. The Morgan fingerprint density at radius 2 is 1.97 bits per heavy atom. The van der Waals surface area contributed by atoms with Crippen LogP contribution in [0.4, 0.5) is 4.79 Å². The highest BCUT2D eigenvalue weighted by atomic mass is 16.4. The van der Waals surface area contributed by atoms with Crippen LogP contribution in [0.3, 0.4) is 0 Å². The molecule has 1 aliphatic heterocycles. The van der Waals surface area contributed by atoms with Crippen molar-refractivity contribution in [1.29, 1.82) is 0 Å². The van der Waals surface area contributed by atoms with E-state index in [4.69, 9.17) is 4.42 Å². The molecule has 1 aromatic rings. The van der Waals surface area contributed by atoms with E-state index in [0.29, 0.717) is 24.9 Å². The number of nitrogens with zero attached hydrogens (tertiary/aromatic N) is 2. The van der Waals surface area contributed by atoms with Gasteiger partial charge in [-0.2, -0.15) is 0 Å². The first-order valence-electron chi connectivity index (χ1n) is 15.3. The predicted octanol–water partition coefficient (Wildman–Crippen LogP) is 3.57. The smallest absolute Gasteiger partial charge is 0.339 e. The van der Waals surface area contributed by atoms with E-state index in [2.05, 4.69) is 19.2 Å². The SMILES string of the molecule is CN(C(=O)N1CCNC[C@H]1CO)[C@H]1CC[C@@]2(C)[C@H](CC[C@@H]3[C@@H]2CC[C@]2(C)[C@H](c4cccoc4=O)CC[C@]32O)C1. The lowest BCUT2D eigenvalue weighted by molar-refractivity contribution is -0.203. The van der Waals surface area contributed by atoms with Gasteiger partial charge in [-0.15, -0.1) is 0 Å². The van der Waals surface area contributed by atoms with Crippen molar-refractivity contribution >= 4 is 6.03 Å². The number of carbonyl (C=O) groups excluding carboxylic acids is 1. The third-order valence-corrected chi connectivity index (χ3v) is 12.6. The van der Waals surface area contributed by atoms with Gasteiger partial charge in [0.15, 0.2) is 0 Å². The minimum absolute atomic E-state index is 0.0150. The van der Waals surface area contributed by atoms with Crippen LogP contribution in [0, 0.1) is 28.6 Å². The zero-order valence-corrected chi connectivity index (χ0v) is 23.9. The summed E-state index contributed by atoms with van der Waals surface area (Å²) in [7, 11) is 1.95. The number of nitrogens with one attached hydrogen (secondary N) is 1. The third kappa shape index (κ3) is 4.03. The van der Waals surface area contributed by atoms with Gasteiger partial charge in [-0.1, -0.05) is 13.8 Å². The molecule has 0 radical (unpaired) electrons. The highest BCUT2D eigenvalue weighted by Gasteiger charge is 2.67. The van der Waals surface area contributed by atoms with Gasteiger partial charge >= 0.3 is 11.7 Å².